The summed E-state index contributed by atoms with van der Waals surface area (Å²) in [5.74, 6) is -2.55. The van der Waals surface area contributed by atoms with E-state index >= 15 is 0 Å². The van der Waals surface area contributed by atoms with E-state index in [1.807, 2.05) is 6.92 Å². The average molecular weight is 382 g/mol. The first kappa shape index (κ1) is 19.5. The lowest BCUT2D eigenvalue weighted by atomic mass is 10.0. The molecule has 0 aliphatic carbocycles. The Kier molecular flexibility index (Phi) is 5.18. The predicted octanol–water partition coefficient (Wildman–Crippen LogP) is 2.68. The number of hydrogen-bond donors (Lipinski definition) is 1. The van der Waals surface area contributed by atoms with Crippen LogP contribution in [0.3, 0.4) is 0 Å². The maximum absolute atomic E-state index is 12.7. The van der Waals surface area contributed by atoms with Crippen molar-refractivity contribution in [2.75, 3.05) is 6.61 Å². The number of amides is 2. The number of fused-ring (bicyclic) bond motifs is 1. The van der Waals surface area contributed by atoms with Gasteiger partial charge in [-0.3, -0.25) is 19.3 Å². The number of hydrogen-bond acceptors (Lipinski definition) is 5. The summed E-state index contributed by atoms with van der Waals surface area (Å²) >= 11 is 0. The third-order valence-corrected chi connectivity index (χ3v) is 4.77. The second-order valence-corrected chi connectivity index (χ2v) is 7.24. The fourth-order valence-electron chi connectivity index (χ4n) is 3.45. The Labute approximate surface area is 162 Å². The van der Waals surface area contributed by atoms with E-state index in [1.165, 1.54) is 0 Å². The number of carbonyl (C=O) groups excluding carboxylic acids is 4. The molecule has 1 atom stereocenters. The number of nitrogens with one attached hydrogen (secondary N) is 1. The molecule has 7 heteroatoms. The first-order valence-electron chi connectivity index (χ1n) is 9.05. The van der Waals surface area contributed by atoms with Crippen molar-refractivity contribution in [3.05, 3.63) is 58.4 Å². The van der Waals surface area contributed by atoms with Gasteiger partial charge in [0, 0.05) is 17.0 Å². The van der Waals surface area contributed by atoms with E-state index in [2.05, 4.69) is 4.98 Å². The van der Waals surface area contributed by atoms with Crippen LogP contribution in [-0.2, 0) is 9.53 Å². The van der Waals surface area contributed by atoms with Crippen LogP contribution in [0.5, 0.6) is 0 Å². The third-order valence-electron chi connectivity index (χ3n) is 4.77. The monoisotopic (exact) mass is 382 g/mol. The van der Waals surface area contributed by atoms with Crippen molar-refractivity contribution >= 4 is 23.6 Å². The molecule has 2 amide bonds. The number of rotatable bonds is 6. The van der Waals surface area contributed by atoms with Crippen molar-refractivity contribution in [1.29, 1.82) is 0 Å². The quantitative estimate of drug-likeness (QED) is 0.471. The van der Waals surface area contributed by atoms with Crippen LogP contribution in [-0.4, -0.2) is 46.1 Å². The molecule has 1 aliphatic rings. The summed E-state index contributed by atoms with van der Waals surface area (Å²) in [6.07, 6.45) is 0. The van der Waals surface area contributed by atoms with Gasteiger partial charge in [-0.25, -0.2) is 4.79 Å². The molecule has 0 bridgehead atoms. The fraction of sp³-hybridized carbons (Fsp3) is 0.333. The van der Waals surface area contributed by atoms with Gasteiger partial charge in [0.2, 0.25) is 5.78 Å². The van der Waals surface area contributed by atoms with E-state index in [1.54, 1.807) is 51.1 Å². The molecule has 3 rings (SSSR count). The van der Waals surface area contributed by atoms with Crippen molar-refractivity contribution in [3.8, 4) is 0 Å². The lowest BCUT2D eigenvalue weighted by molar-refractivity contribution is -0.148. The van der Waals surface area contributed by atoms with Crippen LogP contribution in [0.25, 0.3) is 0 Å². The molecule has 0 radical (unpaired) electrons. The number of esters is 1. The fourth-order valence-corrected chi connectivity index (χ4v) is 3.45. The summed E-state index contributed by atoms with van der Waals surface area (Å²) in [6, 6.07) is 7.02. The number of ketones is 1. The summed E-state index contributed by atoms with van der Waals surface area (Å²) in [7, 11) is 0. The molecule has 28 heavy (non-hydrogen) atoms. The SMILES string of the molecule is Cc1cc(C(=O)COC(=O)[C@H](C(C)C)N2C(=O)c3ccccc3C2=O)c(C)[nH]1. The Morgan fingerprint density at radius 1 is 1.07 bits per heavy atom. The highest BCUT2D eigenvalue weighted by Crippen LogP contribution is 2.27. The van der Waals surface area contributed by atoms with Gasteiger partial charge >= 0.3 is 5.97 Å². The van der Waals surface area contributed by atoms with Gasteiger partial charge in [0.05, 0.1) is 11.1 Å². The van der Waals surface area contributed by atoms with Crippen LogP contribution < -0.4 is 0 Å². The standard InChI is InChI=1S/C21H22N2O5/c1-11(2)18(23-19(25)14-7-5-6-8-15(14)20(23)26)21(27)28-10-17(24)16-9-12(3)22-13(16)4/h5-9,11,18,22H,10H2,1-4H3/t18-/m0/s1. The second-order valence-electron chi connectivity index (χ2n) is 7.24. The minimum Gasteiger partial charge on any atom is -0.456 e. The number of benzene rings is 1. The van der Waals surface area contributed by atoms with Crippen LogP contribution in [0.4, 0.5) is 0 Å². The zero-order chi connectivity index (χ0) is 20.6. The highest BCUT2D eigenvalue weighted by Gasteiger charge is 2.44. The van der Waals surface area contributed by atoms with Crippen molar-refractivity contribution in [1.82, 2.24) is 9.88 Å². The number of imide groups is 1. The van der Waals surface area contributed by atoms with Crippen molar-refractivity contribution in [3.63, 3.8) is 0 Å². The Morgan fingerprint density at radius 2 is 1.64 bits per heavy atom. The van der Waals surface area contributed by atoms with Gasteiger partial charge in [-0.1, -0.05) is 26.0 Å². The van der Waals surface area contributed by atoms with Gasteiger partial charge in [-0.2, -0.15) is 0 Å². The number of aromatic amines is 1. The number of Topliss-reactive ketones (excluding diaryl/α,β-unsaturated/α-hetero) is 1. The van der Waals surface area contributed by atoms with E-state index in [0.717, 1.165) is 10.6 Å². The number of H-pyrrole nitrogens is 1. The lowest BCUT2D eigenvalue weighted by Crippen LogP contribution is -2.49. The smallest absolute Gasteiger partial charge is 0.330 e. The summed E-state index contributed by atoms with van der Waals surface area (Å²) < 4.78 is 5.21. The molecule has 0 fully saturated rings. The van der Waals surface area contributed by atoms with Crippen LogP contribution in [0.2, 0.25) is 0 Å². The Hall–Kier alpha value is -3.22. The molecule has 146 valence electrons. The van der Waals surface area contributed by atoms with E-state index in [0.29, 0.717) is 11.3 Å². The van der Waals surface area contributed by atoms with Gasteiger partial charge in [0.25, 0.3) is 11.8 Å². The van der Waals surface area contributed by atoms with Gasteiger partial charge in [0.1, 0.15) is 6.04 Å². The van der Waals surface area contributed by atoms with E-state index < -0.39 is 30.4 Å². The molecule has 0 unspecified atom stereocenters. The first-order valence-corrected chi connectivity index (χ1v) is 9.05. The topological polar surface area (TPSA) is 96.5 Å². The Bertz CT molecular complexity index is 938. The predicted molar refractivity (Wildman–Crippen MR) is 101 cm³/mol. The molecule has 7 nitrogen and oxygen atoms in total. The molecular weight excluding hydrogens is 360 g/mol. The van der Waals surface area contributed by atoms with E-state index in [9.17, 15) is 19.2 Å². The van der Waals surface area contributed by atoms with E-state index in [4.69, 9.17) is 4.74 Å². The molecule has 1 N–H and O–H groups in total. The first-order chi connectivity index (χ1) is 13.2. The maximum atomic E-state index is 12.7. The number of nitrogens with zero attached hydrogens (tertiary/aromatic N) is 1. The molecule has 2 heterocycles. The van der Waals surface area contributed by atoms with Crippen LogP contribution >= 0.6 is 0 Å². The van der Waals surface area contributed by atoms with Crippen molar-refractivity contribution in [2.24, 2.45) is 5.92 Å². The minimum absolute atomic E-state index is 0.264. The zero-order valence-electron chi connectivity index (χ0n) is 16.2. The lowest BCUT2D eigenvalue weighted by Gasteiger charge is -2.27. The van der Waals surface area contributed by atoms with Crippen LogP contribution in [0.15, 0.2) is 30.3 Å². The maximum Gasteiger partial charge on any atom is 0.330 e. The van der Waals surface area contributed by atoms with Gasteiger partial charge in [-0.15, -0.1) is 0 Å². The molecule has 2 aromatic rings. The number of aryl methyl sites for hydroxylation is 2. The summed E-state index contributed by atoms with van der Waals surface area (Å²) in [6.45, 7) is 6.57. The molecule has 0 spiro atoms. The van der Waals surface area contributed by atoms with Crippen molar-refractivity contribution < 1.29 is 23.9 Å². The normalized spacial score (nSPS) is 14.4. The number of carbonyl (C=O) groups is 4. The second kappa shape index (κ2) is 7.42. The van der Waals surface area contributed by atoms with Crippen LogP contribution in [0, 0.1) is 19.8 Å². The largest absolute Gasteiger partial charge is 0.456 e. The number of ether oxygens (including phenoxy) is 1. The van der Waals surface area contributed by atoms with Crippen LogP contribution in [0.1, 0.15) is 56.3 Å². The Balaban J connectivity index is 1.77. The zero-order valence-corrected chi connectivity index (χ0v) is 16.2. The third kappa shape index (κ3) is 3.35. The van der Waals surface area contributed by atoms with Gasteiger partial charge in [-0.05, 0) is 38.0 Å². The molecule has 0 saturated carbocycles. The average Bonchev–Trinajstić information content (AvgIpc) is 3.11. The summed E-state index contributed by atoms with van der Waals surface area (Å²) in [4.78, 5) is 54.4. The minimum atomic E-state index is -1.10. The molecule has 0 saturated heterocycles. The van der Waals surface area contributed by atoms with Crippen molar-refractivity contribution in [2.45, 2.75) is 33.7 Å². The molecule has 1 aliphatic heterocycles. The summed E-state index contributed by atoms with van der Waals surface area (Å²) in [5, 5.41) is 0. The molecule has 1 aromatic carbocycles. The molecular formula is C21H22N2O5. The molecule has 1 aromatic heterocycles. The van der Waals surface area contributed by atoms with E-state index in [-0.39, 0.29) is 22.8 Å². The summed E-state index contributed by atoms with van der Waals surface area (Å²) in [5.41, 5.74) is 2.51. The highest BCUT2D eigenvalue weighted by atomic mass is 16.5. The van der Waals surface area contributed by atoms with Gasteiger partial charge in [0.15, 0.2) is 6.61 Å². The van der Waals surface area contributed by atoms with Gasteiger partial charge < -0.3 is 9.72 Å². The Morgan fingerprint density at radius 3 is 2.11 bits per heavy atom. The number of aromatic nitrogens is 1. The highest BCUT2D eigenvalue weighted by molar-refractivity contribution is 6.22.